The smallest absolute Gasteiger partial charge is 0.136 e. The first-order chi connectivity index (χ1) is 8.00. The lowest BCUT2D eigenvalue weighted by atomic mass is 9.85. The van der Waals surface area contributed by atoms with Crippen LogP contribution in [0.1, 0.15) is 30.5 Å². The van der Waals surface area contributed by atoms with E-state index in [1.165, 1.54) is 19.3 Å². The second-order valence-electron chi connectivity index (χ2n) is 4.95. The minimum atomic E-state index is 0.436. The second-order valence-corrected chi connectivity index (χ2v) is 5.39. The molecule has 0 aromatic carbocycles. The van der Waals surface area contributed by atoms with E-state index in [2.05, 4.69) is 17.0 Å². The molecule has 0 saturated heterocycles. The summed E-state index contributed by atoms with van der Waals surface area (Å²) in [7, 11) is 4.04. The molecule has 1 aliphatic carbocycles. The van der Waals surface area contributed by atoms with Gasteiger partial charge in [0.15, 0.2) is 0 Å². The summed E-state index contributed by atoms with van der Waals surface area (Å²) in [4.78, 5) is 2.67. The highest BCUT2D eigenvalue weighted by Gasteiger charge is 2.24. The fourth-order valence-corrected chi connectivity index (χ4v) is 2.76. The molecule has 1 heterocycles. The monoisotopic (exact) mass is 252 g/mol. The number of nitrogens with zero attached hydrogens (tertiary/aromatic N) is 3. The van der Waals surface area contributed by atoms with E-state index in [9.17, 15) is 0 Å². The Morgan fingerprint density at radius 3 is 2.71 bits per heavy atom. The summed E-state index contributed by atoms with van der Waals surface area (Å²) in [6.07, 6.45) is 4.04. The number of thiocarbonyl (C=S) groups is 1. The van der Waals surface area contributed by atoms with Crippen molar-refractivity contribution >= 4 is 23.0 Å². The van der Waals surface area contributed by atoms with Crippen molar-refractivity contribution in [1.29, 1.82) is 0 Å². The van der Waals surface area contributed by atoms with E-state index >= 15 is 0 Å². The molecule has 0 aliphatic heterocycles. The SMILES string of the molecule is Cc1nn(C)c(N(C)CC2CCC2)c1C(N)=S. The van der Waals surface area contributed by atoms with Gasteiger partial charge in [-0.05, 0) is 25.7 Å². The number of rotatable bonds is 4. The Morgan fingerprint density at radius 2 is 2.24 bits per heavy atom. The quantitative estimate of drug-likeness (QED) is 0.827. The van der Waals surface area contributed by atoms with Crippen LogP contribution in [0.2, 0.25) is 0 Å². The third kappa shape index (κ3) is 2.29. The van der Waals surface area contributed by atoms with Gasteiger partial charge >= 0.3 is 0 Å². The first-order valence-electron chi connectivity index (χ1n) is 6.05. The van der Waals surface area contributed by atoms with Gasteiger partial charge in [-0.1, -0.05) is 18.6 Å². The van der Waals surface area contributed by atoms with Crippen molar-refractivity contribution in [1.82, 2.24) is 9.78 Å². The maximum Gasteiger partial charge on any atom is 0.136 e. The van der Waals surface area contributed by atoms with Crippen molar-refractivity contribution in [2.45, 2.75) is 26.2 Å². The maximum absolute atomic E-state index is 5.80. The third-order valence-electron chi connectivity index (χ3n) is 3.56. The molecule has 4 nitrogen and oxygen atoms in total. The van der Waals surface area contributed by atoms with Crippen molar-refractivity contribution in [3.8, 4) is 0 Å². The molecule has 0 bridgehead atoms. The van der Waals surface area contributed by atoms with Crippen LogP contribution in [0.4, 0.5) is 5.82 Å². The fraction of sp³-hybridized carbons (Fsp3) is 0.667. The Kier molecular flexibility index (Phi) is 3.38. The molecule has 1 saturated carbocycles. The van der Waals surface area contributed by atoms with Crippen molar-refractivity contribution in [3.63, 3.8) is 0 Å². The summed E-state index contributed by atoms with van der Waals surface area (Å²) in [5.41, 5.74) is 7.63. The van der Waals surface area contributed by atoms with E-state index < -0.39 is 0 Å². The van der Waals surface area contributed by atoms with Crippen LogP contribution in [-0.2, 0) is 7.05 Å². The Balaban J connectivity index is 2.25. The molecule has 0 unspecified atom stereocenters. The average Bonchev–Trinajstić information content (AvgIpc) is 2.47. The van der Waals surface area contributed by atoms with Gasteiger partial charge in [-0.3, -0.25) is 4.68 Å². The second kappa shape index (κ2) is 4.64. The lowest BCUT2D eigenvalue weighted by Crippen LogP contribution is -2.32. The highest BCUT2D eigenvalue weighted by atomic mass is 32.1. The van der Waals surface area contributed by atoms with Gasteiger partial charge in [0, 0.05) is 20.6 Å². The summed E-state index contributed by atoms with van der Waals surface area (Å²) in [6.45, 7) is 3.02. The molecule has 0 spiro atoms. The lowest BCUT2D eigenvalue weighted by molar-refractivity contribution is 0.320. The van der Waals surface area contributed by atoms with Gasteiger partial charge in [0.1, 0.15) is 10.8 Å². The Hall–Kier alpha value is -1.10. The lowest BCUT2D eigenvalue weighted by Gasteiger charge is -2.31. The van der Waals surface area contributed by atoms with Crippen LogP contribution in [0.25, 0.3) is 0 Å². The number of hydrogen-bond acceptors (Lipinski definition) is 3. The molecule has 0 radical (unpaired) electrons. The topological polar surface area (TPSA) is 47.1 Å². The fourth-order valence-electron chi connectivity index (χ4n) is 2.52. The summed E-state index contributed by atoms with van der Waals surface area (Å²) in [5, 5.41) is 4.41. The summed E-state index contributed by atoms with van der Waals surface area (Å²) >= 11 is 5.12. The van der Waals surface area contributed by atoms with Gasteiger partial charge in [0.2, 0.25) is 0 Å². The van der Waals surface area contributed by atoms with Gasteiger partial charge in [0.05, 0.1) is 11.3 Å². The zero-order chi connectivity index (χ0) is 12.6. The first-order valence-corrected chi connectivity index (χ1v) is 6.46. The van der Waals surface area contributed by atoms with E-state index in [1.54, 1.807) is 0 Å². The zero-order valence-corrected chi connectivity index (χ0v) is 11.5. The molecule has 1 fully saturated rings. The predicted octanol–water partition coefficient (Wildman–Crippen LogP) is 1.60. The molecule has 94 valence electrons. The molecule has 2 rings (SSSR count). The molecular weight excluding hydrogens is 232 g/mol. The minimum Gasteiger partial charge on any atom is -0.389 e. The van der Waals surface area contributed by atoms with Crippen molar-refractivity contribution in [3.05, 3.63) is 11.3 Å². The van der Waals surface area contributed by atoms with E-state index in [-0.39, 0.29) is 0 Å². The molecule has 1 aromatic heterocycles. The molecular formula is C12H20N4S. The van der Waals surface area contributed by atoms with Crippen LogP contribution in [-0.4, -0.2) is 28.4 Å². The van der Waals surface area contributed by atoms with E-state index in [4.69, 9.17) is 18.0 Å². The van der Waals surface area contributed by atoms with E-state index in [1.807, 2.05) is 18.7 Å². The van der Waals surface area contributed by atoms with E-state index in [0.717, 1.165) is 29.5 Å². The number of hydrogen-bond donors (Lipinski definition) is 1. The van der Waals surface area contributed by atoms with Gasteiger partial charge in [-0.25, -0.2) is 0 Å². The molecule has 1 aliphatic rings. The van der Waals surface area contributed by atoms with Crippen LogP contribution >= 0.6 is 12.2 Å². The molecule has 1 aromatic rings. The Bertz CT molecular complexity index is 434. The highest BCUT2D eigenvalue weighted by Crippen LogP contribution is 2.30. The average molecular weight is 252 g/mol. The zero-order valence-electron chi connectivity index (χ0n) is 10.7. The van der Waals surface area contributed by atoms with Crippen LogP contribution in [0.15, 0.2) is 0 Å². The molecule has 17 heavy (non-hydrogen) atoms. The van der Waals surface area contributed by atoms with Crippen molar-refractivity contribution < 1.29 is 0 Å². The number of anilines is 1. The normalized spacial score (nSPS) is 15.7. The van der Waals surface area contributed by atoms with Gasteiger partial charge in [-0.15, -0.1) is 0 Å². The van der Waals surface area contributed by atoms with Gasteiger partial charge in [-0.2, -0.15) is 5.10 Å². The standard InChI is InChI=1S/C12H20N4S/c1-8-10(11(13)17)12(16(3)14-8)15(2)7-9-5-4-6-9/h9H,4-7H2,1-3H3,(H2,13,17). The maximum atomic E-state index is 5.80. The highest BCUT2D eigenvalue weighted by molar-refractivity contribution is 7.80. The molecule has 0 atom stereocenters. The molecule has 5 heteroatoms. The molecule has 2 N–H and O–H groups in total. The number of aromatic nitrogens is 2. The van der Waals surface area contributed by atoms with E-state index in [0.29, 0.717) is 4.99 Å². The molecule has 0 amide bonds. The van der Waals surface area contributed by atoms with Crippen LogP contribution in [0.3, 0.4) is 0 Å². The van der Waals surface area contributed by atoms with Crippen LogP contribution in [0, 0.1) is 12.8 Å². The van der Waals surface area contributed by atoms with Gasteiger partial charge in [0.25, 0.3) is 0 Å². The summed E-state index contributed by atoms with van der Waals surface area (Å²) in [6, 6.07) is 0. The summed E-state index contributed by atoms with van der Waals surface area (Å²) in [5.74, 6) is 1.86. The van der Waals surface area contributed by atoms with Gasteiger partial charge < -0.3 is 10.6 Å². The largest absolute Gasteiger partial charge is 0.389 e. The number of nitrogens with two attached hydrogens (primary N) is 1. The summed E-state index contributed by atoms with van der Waals surface area (Å²) < 4.78 is 1.88. The van der Waals surface area contributed by atoms with Crippen LogP contribution < -0.4 is 10.6 Å². The minimum absolute atomic E-state index is 0.436. The van der Waals surface area contributed by atoms with Crippen LogP contribution in [0.5, 0.6) is 0 Å². The first kappa shape index (κ1) is 12.4. The predicted molar refractivity (Wildman–Crippen MR) is 74.4 cm³/mol. The Morgan fingerprint density at radius 1 is 1.59 bits per heavy atom. The third-order valence-corrected chi connectivity index (χ3v) is 3.76. The van der Waals surface area contributed by atoms with Crippen molar-refractivity contribution in [2.75, 3.05) is 18.5 Å². The van der Waals surface area contributed by atoms with Crippen molar-refractivity contribution in [2.24, 2.45) is 18.7 Å². The number of aryl methyl sites for hydroxylation is 2. The Labute approximate surface area is 108 Å².